The van der Waals surface area contributed by atoms with Crippen molar-refractivity contribution in [3.05, 3.63) is 34.9 Å². The fourth-order valence-corrected chi connectivity index (χ4v) is 1.73. The van der Waals surface area contributed by atoms with Crippen LogP contribution in [0.5, 0.6) is 0 Å². The molecule has 4 N–H and O–H groups in total. The molecular weight excluding hydrogens is 252 g/mol. The Balaban J connectivity index is 2.50. The largest absolute Gasteiger partial charge is 0.387 e. The third kappa shape index (κ3) is 3.98. The lowest BCUT2D eigenvalue weighted by Crippen LogP contribution is -2.41. The molecule has 0 saturated carbocycles. The van der Waals surface area contributed by atoms with Gasteiger partial charge in [0.05, 0.1) is 11.5 Å². The first-order valence-corrected chi connectivity index (χ1v) is 6.15. The summed E-state index contributed by atoms with van der Waals surface area (Å²) < 4.78 is 0. The van der Waals surface area contributed by atoms with Gasteiger partial charge >= 0.3 is 0 Å². The molecule has 4 nitrogen and oxygen atoms in total. The fraction of sp³-hybridized carbons (Fsp3) is 0.462. The summed E-state index contributed by atoms with van der Waals surface area (Å²) in [7, 11) is 0. The van der Waals surface area contributed by atoms with Crippen molar-refractivity contribution in [2.45, 2.75) is 20.0 Å². The molecule has 1 unspecified atom stereocenters. The molecule has 0 radical (unpaired) electrons. The van der Waals surface area contributed by atoms with E-state index in [0.29, 0.717) is 23.7 Å². The van der Waals surface area contributed by atoms with Crippen LogP contribution in [0.1, 0.15) is 25.5 Å². The second-order valence-electron chi connectivity index (χ2n) is 4.92. The minimum Gasteiger partial charge on any atom is -0.387 e. The molecule has 0 aliphatic carbocycles. The molecule has 0 heterocycles. The van der Waals surface area contributed by atoms with Gasteiger partial charge in [0, 0.05) is 23.7 Å². The first-order valence-electron chi connectivity index (χ1n) is 5.77. The number of amides is 1. The number of nitrogens with two attached hydrogens (primary N) is 1. The number of carbonyl (C=O) groups is 1. The normalized spacial score (nSPS) is 13.3. The maximum Gasteiger partial charge on any atom is 0.224 e. The Morgan fingerprint density at radius 2 is 2.11 bits per heavy atom. The van der Waals surface area contributed by atoms with E-state index in [9.17, 15) is 9.90 Å². The van der Waals surface area contributed by atoms with Crippen molar-refractivity contribution < 1.29 is 9.90 Å². The number of aliphatic hydroxyl groups excluding tert-OH is 1. The molecule has 0 aromatic heterocycles. The van der Waals surface area contributed by atoms with Crippen LogP contribution >= 0.6 is 11.6 Å². The lowest BCUT2D eigenvalue weighted by Gasteiger charge is -2.22. The van der Waals surface area contributed by atoms with Gasteiger partial charge in [0.25, 0.3) is 0 Å². The van der Waals surface area contributed by atoms with Gasteiger partial charge in [0.1, 0.15) is 0 Å². The quantitative estimate of drug-likeness (QED) is 0.733. The van der Waals surface area contributed by atoms with E-state index >= 15 is 0 Å². The van der Waals surface area contributed by atoms with Gasteiger partial charge in [-0.25, -0.2) is 0 Å². The SMILES string of the molecule is CC(C)(CNCC(O)c1ccccc1Cl)C(N)=O. The highest BCUT2D eigenvalue weighted by Crippen LogP contribution is 2.22. The Bertz CT molecular complexity index is 421. The zero-order chi connectivity index (χ0) is 13.8. The Kier molecular flexibility index (Phi) is 5.14. The first-order chi connectivity index (χ1) is 8.34. The number of hydrogen-bond donors (Lipinski definition) is 3. The summed E-state index contributed by atoms with van der Waals surface area (Å²) in [5.41, 5.74) is 5.29. The van der Waals surface area contributed by atoms with Crippen molar-refractivity contribution in [2.75, 3.05) is 13.1 Å². The van der Waals surface area contributed by atoms with E-state index in [1.165, 1.54) is 0 Å². The van der Waals surface area contributed by atoms with Gasteiger partial charge in [0.2, 0.25) is 5.91 Å². The van der Waals surface area contributed by atoms with Crippen LogP contribution < -0.4 is 11.1 Å². The number of carbonyl (C=O) groups excluding carboxylic acids is 1. The van der Waals surface area contributed by atoms with Crippen LogP contribution in [-0.4, -0.2) is 24.1 Å². The van der Waals surface area contributed by atoms with Crippen molar-refractivity contribution in [1.82, 2.24) is 5.32 Å². The molecular formula is C13H19ClN2O2. The Morgan fingerprint density at radius 3 is 2.67 bits per heavy atom. The minimum absolute atomic E-state index is 0.320. The number of benzene rings is 1. The van der Waals surface area contributed by atoms with Crippen LogP contribution in [0.2, 0.25) is 5.02 Å². The molecule has 0 spiro atoms. The molecule has 1 aromatic rings. The van der Waals surface area contributed by atoms with Gasteiger partial charge < -0.3 is 16.2 Å². The summed E-state index contributed by atoms with van der Waals surface area (Å²) in [5.74, 6) is -0.373. The second-order valence-corrected chi connectivity index (χ2v) is 5.32. The molecule has 1 aromatic carbocycles. The van der Waals surface area contributed by atoms with Crippen LogP contribution in [0.3, 0.4) is 0 Å². The Labute approximate surface area is 112 Å². The summed E-state index contributed by atoms with van der Waals surface area (Å²) in [6.45, 7) is 4.23. The molecule has 0 bridgehead atoms. The average molecular weight is 271 g/mol. The fourth-order valence-electron chi connectivity index (χ4n) is 1.46. The molecule has 0 fully saturated rings. The molecule has 1 atom stereocenters. The van der Waals surface area contributed by atoms with Crippen LogP contribution in [-0.2, 0) is 4.79 Å². The van der Waals surface area contributed by atoms with E-state index in [4.69, 9.17) is 17.3 Å². The molecule has 100 valence electrons. The second kappa shape index (κ2) is 6.18. The zero-order valence-corrected chi connectivity index (χ0v) is 11.4. The van der Waals surface area contributed by atoms with Crippen molar-refractivity contribution in [1.29, 1.82) is 0 Å². The van der Waals surface area contributed by atoms with Crippen LogP contribution in [0.4, 0.5) is 0 Å². The molecule has 5 heteroatoms. The average Bonchev–Trinajstić information content (AvgIpc) is 2.29. The number of aliphatic hydroxyl groups is 1. The van der Waals surface area contributed by atoms with Crippen molar-refractivity contribution in [3.63, 3.8) is 0 Å². The van der Waals surface area contributed by atoms with Gasteiger partial charge in [-0.05, 0) is 19.9 Å². The number of nitrogens with one attached hydrogen (secondary N) is 1. The van der Waals surface area contributed by atoms with Crippen LogP contribution in [0.15, 0.2) is 24.3 Å². The minimum atomic E-state index is -0.706. The smallest absolute Gasteiger partial charge is 0.224 e. The van der Waals surface area contributed by atoms with E-state index in [1.807, 2.05) is 12.1 Å². The summed E-state index contributed by atoms with van der Waals surface area (Å²) in [4.78, 5) is 11.1. The highest BCUT2D eigenvalue weighted by Gasteiger charge is 2.24. The summed E-state index contributed by atoms with van der Waals surface area (Å²) >= 11 is 5.98. The van der Waals surface area contributed by atoms with Crippen molar-refractivity contribution in [3.8, 4) is 0 Å². The van der Waals surface area contributed by atoms with Gasteiger partial charge in [0.15, 0.2) is 0 Å². The molecule has 0 saturated heterocycles. The summed E-state index contributed by atoms with van der Waals surface area (Å²) in [6, 6.07) is 7.13. The Morgan fingerprint density at radius 1 is 1.50 bits per heavy atom. The van der Waals surface area contributed by atoms with Gasteiger partial charge in [-0.1, -0.05) is 29.8 Å². The highest BCUT2D eigenvalue weighted by atomic mass is 35.5. The third-order valence-electron chi connectivity index (χ3n) is 2.84. The summed E-state index contributed by atoms with van der Waals surface area (Å²) in [6.07, 6.45) is -0.706. The van der Waals surface area contributed by atoms with Gasteiger partial charge in [-0.2, -0.15) is 0 Å². The van der Waals surface area contributed by atoms with Gasteiger partial charge in [-0.15, -0.1) is 0 Å². The van der Waals surface area contributed by atoms with E-state index in [0.717, 1.165) is 0 Å². The maximum atomic E-state index is 11.1. The lowest BCUT2D eigenvalue weighted by atomic mass is 9.92. The highest BCUT2D eigenvalue weighted by molar-refractivity contribution is 6.31. The lowest BCUT2D eigenvalue weighted by molar-refractivity contribution is -0.125. The topological polar surface area (TPSA) is 75.3 Å². The molecule has 18 heavy (non-hydrogen) atoms. The third-order valence-corrected chi connectivity index (χ3v) is 3.18. The Hall–Kier alpha value is -1.10. The predicted molar refractivity (Wildman–Crippen MR) is 72.3 cm³/mol. The van der Waals surface area contributed by atoms with Crippen LogP contribution in [0.25, 0.3) is 0 Å². The predicted octanol–water partition coefficient (Wildman–Crippen LogP) is 1.47. The number of hydrogen-bond acceptors (Lipinski definition) is 3. The molecule has 0 aliphatic rings. The zero-order valence-electron chi connectivity index (χ0n) is 10.6. The number of rotatable bonds is 6. The van der Waals surface area contributed by atoms with Crippen molar-refractivity contribution in [2.24, 2.45) is 11.1 Å². The number of primary amides is 1. The first kappa shape index (κ1) is 15.0. The molecule has 0 aliphatic heterocycles. The number of halogens is 1. The van der Waals surface area contributed by atoms with Crippen molar-refractivity contribution >= 4 is 17.5 Å². The monoisotopic (exact) mass is 270 g/mol. The standard InChI is InChI=1S/C13H19ClN2O2/c1-13(2,12(15)18)8-16-7-11(17)9-5-3-4-6-10(9)14/h3-6,11,16-17H,7-8H2,1-2H3,(H2,15,18). The molecule has 1 rings (SSSR count). The van der Waals surface area contributed by atoms with Crippen LogP contribution in [0, 0.1) is 5.41 Å². The summed E-state index contributed by atoms with van der Waals surface area (Å²) in [5, 5.41) is 13.5. The van der Waals surface area contributed by atoms with E-state index in [2.05, 4.69) is 5.32 Å². The van der Waals surface area contributed by atoms with E-state index < -0.39 is 11.5 Å². The van der Waals surface area contributed by atoms with E-state index in [-0.39, 0.29) is 5.91 Å². The molecule has 1 amide bonds. The van der Waals surface area contributed by atoms with Gasteiger partial charge in [-0.3, -0.25) is 4.79 Å². The maximum absolute atomic E-state index is 11.1. The van der Waals surface area contributed by atoms with E-state index in [1.54, 1.807) is 26.0 Å².